The average molecular weight is 340 g/mol. The number of oxazole rings is 1. The van der Waals surface area contributed by atoms with E-state index in [1.54, 1.807) is 50.4 Å². The Morgan fingerprint density at radius 2 is 2.00 bits per heavy atom. The van der Waals surface area contributed by atoms with Gasteiger partial charge in [0.15, 0.2) is 12.2 Å². The zero-order valence-corrected chi connectivity index (χ0v) is 14.4. The molecule has 0 aliphatic rings. The molecule has 0 radical (unpaired) electrons. The average Bonchev–Trinajstić information content (AvgIpc) is 3.23. The Morgan fingerprint density at radius 1 is 1.28 bits per heavy atom. The molecule has 0 fully saturated rings. The van der Waals surface area contributed by atoms with Gasteiger partial charge in [-0.1, -0.05) is 12.1 Å². The number of aromatic nitrogens is 1. The van der Waals surface area contributed by atoms with E-state index in [-0.39, 0.29) is 12.5 Å². The van der Waals surface area contributed by atoms with Crippen molar-refractivity contribution >= 4 is 5.91 Å². The van der Waals surface area contributed by atoms with Crippen LogP contribution in [0.1, 0.15) is 34.4 Å². The van der Waals surface area contributed by atoms with Crippen molar-refractivity contribution in [3.05, 3.63) is 65.6 Å². The number of hydrogen-bond donors (Lipinski definition) is 2. The van der Waals surface area contributed by atoms with Crippen LogP contribution in [-0.4, -0.2) is 22.5 Å². The predicted octanol–water partition coefficient (Wildman–Crippen LogP) is 3.19. The summed E-state index contributed by atoms with van der Waals surface area (Å²) < 4.78 is 10.7. The zero-order chi connectivity index (χ0) is 18.0. The molecule has 25 heavy (non-hydrogen) atoms. The number of rotatable bonds is 5. The van der Waals surface area contributed by atoms with Crippen molar-refractivity contribution in [3.8, 4) is 11.3 Å². The predicted molar refractivity (Wildman–Crippen MR) is 92.0 cm³/mol. The van der Waals surface area contributed by atoms with Crippen LogP contribution in [0, 0.1) is 13.8 Å². The molecule has 0 spiro atoms. The van der Waals surface area contributed by atoms with E-state index < -0.39 is 5.60 Å². The number of carbonyl (C=O) groups is 1. The Morgan fingerprint density at radius 3 is 2.56 bits per heavy atom. The molecule has 0 bridgehead atoms. The lowest BCUT2D eigenvalue weighted by Gasteiger charge is -2.23. The fraction of sp³-hybridized carbons (Fsp3) is 0.263. The maximum atomic E-state index is 12.3. The quantitative estimate of drug-likeness (QED) is 0.745. The van der Waals surface area contributed by atoms with E-state index in [4.69, 9.17) is 8.83 Å². The number of benzene rings is 1. The molecule has 3 aromatic rings. The summed E-state index contributed by atoms with van der Waals surface area (Å²) in [5, 5.41) is 13.4. The van der Waals surface area contributed by atoms with E-state index >= 15 is 0 Å². The summed E-state index contributed by atoms with van der Waals surface area (Å²) in [6.07, 6.45) is 2.97. The van der Waals surface area contributed by atoms with Crippen LogP contribution < -0.4 is 5.32 Å². The number of aryl methyl sites for hydroxylation is 2. The number of hydrogen-bond acceptors (Lipinski definition) is 5. The van der Waals surface area contributed by atoms with Gasteiger partial charge in [0.25, 0.3) is 5.91 Å². The Kier molecular flexibility index (Phi) is 4.46. The van der Waals surface area contributed by atoms with E-state index in [1.807, 2.05) is 6.92 Å². The van der Waals surface area contributed by atoms with Crippen molar-refractivity contribution in [2.75, 3.05) is 6.54 Å². The molecule has 1 atom stereocenters. The number of amides is 1. The minimum Gasteiger partial charge on any atom is -0.466 e. The SMILES string of the molecule is Cc1cc(C(C)(O)CNC(=O)c2ccc(-c3cnco3)cc2)c(C)o1. The first-order valence-electron chi connectivity index (χ1n) is 7.94. The summed E-state index contributed by atoms with van der Waals surface area (Å²) >= 11 is 0. The molecule has 2 aromatic heterocycles. The van der Waals surface area contributed by atoms with Gasteiger partial charge in [0.2, 0.25) is 0 Å². The molecular formula is C19H20N2O4. The summed E-state index contributed by atoms with van der Waals surface area (Å²) in [7, 11) is 0. The monoisotopic (exact) mass is 340 g/mol. The van der Waals surface area contributed by atoms with Crippen LogP contribution in [0.15, 0.2) is 51.8 Å². The van der Waals surface area contributed by atoms with E-state index in [0.29, 0.717) is 22.6 Å². The molecule has 0 saturated carbocycles. The number of nitrogens with one attached hydrogen (secondary N) is 1. The van der Waals surface area contributed by atoms with Crippen LogP contribution in [0.5, 0.6) is 0 Å². The normalized spacial score (nSPS) is 13.4. The Hall–Kier alpha value is -2.86. The zero-order valence-electron chi connectivity index (χ0n) is 14.4. The lowest BCUT2D eigenvalue weighted by Crippen LogP contribution is -2.38. The van der Waals surface area contributed by atoms with Crippen LogP contribution in [0.3, 0.4) is 0 Å². The molecule has 2 heterocycles. The van der Waals surface area contributed by atoms with Gasteiger partial charge in [-0.25, -0.2) is 4.98 Å². The Balaban J connectivity index is 1.67. The minimum atomic E-state index is -1.21. The maximum Gasteiger partial charge on any atom is 0.251 e. The molecule has 3 rings (SSSR count). The molecule has 1 aromatic carbocycles. The van der Waals surface area contributed by atoms with E-state index in [9.17, 15) is 9.90 Å². The van der Waals surface area contributed by atoms with Crippen LogP contribution in [0.2, 0.25) is 0 Å². The van der Waals surface area contributed by atoms with Gasteiger partial charge in [0.05, 0.1) is 12.7 Å². The summed E-state index contributed by atoms with van der Waals surface area (Å²) in [5.41, 5.74) is 0.799. The highest BCUT2D eigenvalue weighted by atomic mass is 16.3. The third kappa shape index (κ3) is 3.64. The second kappa shape index (κ2) is 6.57. The van der Waals surface area contributed by atoms with E-state index in [2.05, 4.69) is 10.3 Å². The van der Waals surface area contributed by atoms with Crippen LogP contribution >= 0.6 is 0 Å². The number of nitrogens with zero attached hydrogens (tertiary/aromatic N) is 1. The summed E-state index contributed by atoms with van der Waals surface area (Å²) in [5.74, 6) is 1.75. The van der Waals surface area contributed by atoms with E-state index in [1.165, 1.54) is 6.39 Å². The van der Waals surface area contributed by atoms with Gasteiger partial charge in [-0.2, -0.15) is 0 Å². The second-order valence-corrected chi connectivity index (χ2v) is 6.23. The summed E-state index contributed by atoms with van der Waals surface area (Å²) in [6, 6.07) is 8.77. The largest absolute Gasteiger partial charge is 0.466 e. The molecule has 1 amide bonds. The molecule has 0 aliphatic carbocycles. The Bertz CT molecular complexity index is 861. The molecule has 0 saturated heterocycles. The molecule has 1 unspecified atom stereocenters. The smallest absolute Gasteiger partial charge is 0.251 e. The van der Waals surface area contributed by atoms with Gasteiger partial charge in [-0.15, -0.1) is 0 Å². The topological polar surface area (TPSA) is 88.5 Å². The van der Waals surface area contributed by atoms with E-state index in [0.717, 1.165) is 11.3 Å². The molecule has 6 nitrogen and oxygen atoms in total. The third-order valence-corrected chi connectivity index (χ3v) is 4.08. The first-order chi connectivity index (χ1) is 11.9. The number of furan rings is 1. The summed E-state index contributed by atoms with van der Waals surface area (Å²) in [4.78, 5) is 16.2. The molecule has 2 N–H and O–H groups in total. The standard InChI is InChI=1S/C19H20N2O4/c1-12-8-16(13(2)25-12)19(3,23)10-21-18(22)15-6-4-14(5-7-15)17-9-20-11-24-17/h4-9,11,23H,10H2,1-3H3,(H,21,22). The highest BCUT2D eigenvalue weighted by Crippen LogP contribution is 2.26. The second-order valence-electron chi connectivity index (χ2n) is 6.23. The lowest BCUT2D eigenvalue weighted by atomic mass is 9.96. The number of carbonyl (C=O) groups excluding carboxylic acids is 1. The fourth-order valence-electron chi connectivity index (χ4n) is 2.76. The van der Waals surface area contributed by atoms with Gasteiger partial charge >= 0.3 is 0 Å². The highest BCUT2D eigenvalue weighted by Gasteiger charge is 2.28. The highest BCUT2D eigenvalue weighted by molar-refractivity contribution is 5.94. The van der Waals surface area contributed by atoms with Crippen molar-refractivity contribution in [1.29, 1.82) is 0 Å². The van der Waals surface area contributed by atoms with Gasteiger partial charge in [0, 0.05) is 16.7 Å². The van der Waals surface area contributed by atoms with Crippen LogP contribution in [0.25, 0.3) is 11.3 Å². The lowest BCUT2D eigenvalue weighted by molar-refractivity contribution is 0.0514. The van der Waals surface area contributed by atoms with Gasteiger partial charge in [-0.05, 0) is 39.0 Å². The van der Waals surface area contributed by atoms with Crippen LogP contribution in [0.4, 0.5) is 0 Å². The summed E-state index contributed by atoms with van der Waals surface area (Å²) in [6.45, 7) is 5.34. The van der Waals surface area contributed by atoms with Gasteiger partial charge in [-0.3, -0.25) is 4.79 Å². The minimum absolute atomic E-state index is 0.0789. The Labute approximate surface area is 145 Å². The van der Waals surface area contributed by atoms with Gasteiger partial charge < -0.3 is 19.3 Å². The van der Waals surface area contributed by atoms with Crippen LogP contribution in [-0.2, 0) is 5.60 Å². The van der Waals surface area contributed by atoms with Crippen molar-refractivity contribution in [1.82, 2.24) is 10.3 Å². The first-order valence-corrected chi connectivity index (χ1v) is 7.94. The van der Waals surface area contributed by atoms with Gasteiger partial charge in [0.1, 0.15) is 17.1 Å². The molecule has 130 valence electrons. The van der Waals surface area contributed by atoms with Crippen molar-refractivity contribution < 1.29 is 18.7 Å². The van der Waals surface area contributed by atoms with Crippen molar-refractivity contribution in [2.45, 2.75) is 26.4 Å². The third-order valence-electron chi connectivity index (χ3n) is 4.08. The fourth-order valence-corrected chi connectivity index (χ4v) is 2.76. The molecule has 0 aliphatic heterocycles. The molecule has 6 heteroatoms. The first kappa shape index (κ1) is 17.0. The molecular weight excluding hydrogens is 320 g/mol. The number of aliphatic hydroxyl groups is 1. The maximum absolute atomic E-state index is 12.3. The van der Waals surface area contributed by atoms with Crippen molar-refractivity contribution in [2.24, 2.45) is 0 Å². The van der Waals surface area contributed by atoms with Crippen molar-refractivity contribution in [3.63, 3.8) is 0 Å².